The average molecular weight is 492 g/mol. The highest BCUT2D eigenvalue weighted by atomic mass is 16.7. The summed E-state index contributed by atoms with van der Waals surface area (Å²) >= 11 is 0. The number of aliphatic hydroxyl groups is 3. The predicted molar refractivity (Wildman–Crippen MR) is 115 cm³/mol. The van der Waals surface area contributed by atoms with E-state index >= 15 is 0 Å². The molecule has 1 unspecified atom stereocenters. The van der Waals surface area contributed by atoms with E-state index in [0.717, 1.165) is 13.0 Å². The molecule has 2 aromatic carbocycles. The van der Waals surface area contributed by atoms with E-state index in [2.05, 4.69) is 0 Å². The molecule has 4 rings (SSSR count). The number of aliphatic hydroxyl groups excluding tert-OH is 3. The van der Waals surface area contributed by atoms with E-state index in [1.165, 1.54) is 30.3 Å². The number of hydrogen-bond acceptors (Lipinski definition) is 12. The number of carbonyl (C=O) groups is 1. The van der Waals surface area contributed by atoms with E-state index < -0.39 is 55.1 Å². The van der Waals surface area contributed by atoms with E-state index in [-0.39, 0.29) is 39.9 Å². The van der Waals surface area contributed by atoms with Gasteiger partial charge in [0, 0.05) is 24.6 Å². The number of phenolic OH excluding ortho intramolecular Hbond substituents is 4. The number of ether oxygens (including phenoxy) is 4. The number of benzene rings is 2. The van der Waals surface area contributed by atoms with Crippen molar-refractivity contribution in [2.24, 2.45) is 0 Å². The second-order valence-corrected chi connectivity index (χ2v) is 8.07. The van der Waals surface area contributed by atoms with E-state index in [4.69, 9.17) is 18.9 Å². The topological polar surface area (TPSA) is 196 Å². The summed E-state index contributed by atoms with van der Waals surface area (Å²) in [6, 6.07) is 6.15. The molecule has 0 radical (unpaired) electrons. The van der Waals surface area contributed by atoms with Gasteiger partial charge in [0.05, 0.1) is 12.2 Å². The minimum Gasteiger partial charge on any atom is -0.508 e. The quantitative estimate of drug-likeness (QED) is 0.224. The van der Waals surface area contributed by atoms with Crippen molar-refractivity contribution in [1.82, 2.24) is 0 Å². The lowest BCUT2D eigenvalue weighted by Crippen LogP contribution is -2.60. The van der Waals surface area contributed by atoms with Gasteiger partial charge in [0.1, 0.15) is 41.3 Å². The molecule has 1 saturated heterocycles. The van der Waals surface area contributed by atoms with E-state index in [0.29, 0.717) is 0 Å². The third kappa shape index (κ3) is 4.77. The maximum absolute atomic E-state index is 11.4. The molecule has 0 bridgehead atoms. The molecule has 12 heteroatoms. The first kappa shape index (κ1) is 24.4. The molecule has 0 aliphatic carbocycles. The third-order valence-corrected chi connectivity index (χ3v) is 5.57. The van der Waals surface area contributed by atoms with Crippen molar-refractivity contribution < 1.29 is 59.5 Å². The monoisotopic (exact) mass is 492 g/mol. The summed E-state index contributed by atoms with van der Waals surface area (Å²) < 4.78 is 22.2. The van der Waals surface area contributed by atoms with Crippen molar-refractivity contribution in [2.75, 3.05) is 6.61 Å². The molecule has 12 nitrogen and oxygen atoms in total. The van der Waals surface area contributed by atoms with Gasteiger partial charge in [-0.2, -0.15) is 0 Å². The van der Waals surface area contributed by atoms with E-state index in [9.17, 15) is 40.5 Å². The van der Waals surface area contributed by atoms with Crippen LogP contribution < -0.4 is 4.74 Å². The number of esters is 1. The van der Waals surface area contributed by atoms with Gasteiger partial charge >= 0.3 is 5.97 Å². The smallest absolute Gasteiger partial charge is 0.303 e. The maximum atomic E-state index is 11.4. The molecule has 0 spiro atoms. The van der Waals surface area contributed by atoms with Crippen LogP contribution in [0.3, 0.4) is 0 Å². The predicted octanol–water partition coefficient (Wildman–Crippen LogP) is 0.371. The van der Waals surface area contributed by atoms with Gasteiger partial charge in [-0.3, -0.25) is 4.79 Å². The number of carbonyl (C=O) groups excluding carboxylic acids is 1. The van der Waals surface area contributed by atoms with Crippen LogP contribution in [-0.2, 0) is 19.0 Å². The lowest BCUT2D eigenvalue weighted by atomic mass is 9.98. The number of rotatable bonds is 5. The third-order valence-electron chi connectivity index (χ3n) is 5.57. The molecular weight excluding hydrogens is 468 g/mol. The lowest BCUT2D eigenvalue weighted by molar-refractivity contribution is -0.296. The minimum atomic E-state index is -1.73. The van der Waals surface area contributed by atoms with Gasteiger partial charge in [0.25, 0.3) is 0 Å². The molecule has 188 valence electrons. The van der Waals surface area contributed by atoms with Gasteiger partial charge in [-0.15, -0.1) is 0 Å². The molecule has 0 amide bonds. The first-order chi connectivity index (χ1) is 16.6. The molecule has 2 aromatic rings. The van der Waals surface area contributed by atoms with Crippen LogP contribution in [-0.4, -0.2) is 79.0 Å². The fourth-order valence-corrected chi connectivity index (χ4v) is 3.90. The Kier molecular flexibility index (Phi) is 6.63. The van der Waals surface area contributed by atoms with Crippen LogP contribution in [0.15, 0.2) is 36.1 Å². The number of fused-ring (bicyclic) bond motifs is 1. The van der Waals surface area contributed by atoms with Gasteiger partial charge in [-0.05, 0) is 18.2 Å². The van der Waals surface area contributed by atoms with Crippen LogP contribution in [0.25, 0.3) is 6.08 Å². The summed E-state index contributed by atoms with van der Waals surface area (Å²) in [6.45, 7) is 0.426. The van der Waals surface area contributed by atoms with Crippen LogP contribution >= 0.6 is 0 Å². The van der Waals surface area contributed by atoms with Crippen molar-refractivity contribution in [3.63, 3.8) is 0 Å². The summed E-state index contributed by atoms with van der Waals surface area (Å²) in [6.07, 6.45) is -7.35. The normalized spacial score (nSPS) is 27.8. The van der Waals surface area contributed by atoms with Crippen LogP contribution in [0.1, 0.15) is 24.2 Å². The molecular formula is C23H24O12. The average Bonchev–Trinajstić information content (AvgIpc) is 2.80. The summed E-state index contributed by atoms with van der Waals surface area (Å²) in [5.74, 6) is -2.20. The fraction of sp³-hybridized carbons (Fsp3) is 0.348. The highest BCUT2D eigenvalue weighted by Gasteiger charge is 2.48. The number of phenols is 4. The zero-order chi connectivity index (χ0) is 25.4. The van der Waals surface area contributed by atoms with Gasteiger partial charge in [-0.25, -0.2) is 0 Å². The van der Waals surface area contributed by atoms with Crippen molar-refractivity contribution in [3.8, 4) is 28.7 Å². The standard InChI is InChI=1S/C23H24O12/c1-9(25)32-22-18(8-24)35-23(20(31)19(22)30)34-17-7-12-14(28)5-11(26)6-16(12)33-21(17)10-2-3-13(27)15(29)4-10/h2-7,18-24,26-31H,8H2,1H3/t18-,19-,20-,21?,22-,23-/m1/s1. The minimum absolute atomic E-state index is 0.0533. The van der Waals surface area contributed by atoms with E-state index in [1.807, 2.05) is 0 Å². The number of hydrogen-bond donors (Lipinski definition) is 7. The second kappa shape index (κ2) is 9.50. The highest BCUT2D eigenvalue weighted by molar-refractivity contribution is 5.70. The van der Waals surface area contributed by atoms with Crippen molar-refractivity contribution in [2.45, 2.75) is 43.7 Å². The highest BCUT2D eigenvalue weighted by Crippen LogP contribution is 2.45. The first-order valence-electron chi connectivity index (χ1n) is 10.5. The molecule has 2 aliphatic heterocycles. The van der Waals surface area contributed by atoms with Crippen LogP contribution in [0, 0.1) is 0 Å². The van der Waals surface area contributed by atoms with Gasteiger partial charge < -0.3 is 54.7 Å². The molecule has 0 aromatic heterocycles. The Hall–Kier alpha value is -3.71. The number of aromatic hydroxyl groups is 4. The van der Waals surface area contributed by atoms with Crippen LogP contribution in [0.4, 0.5) is 0 Å². The summed E-state index contributed by atoms with van der Waals surface area (Å²) in [7, 11) is 0. The Morgan fingerprint density at radius 3 is 2.40 bits per heavy atom. The Balaban J connectivity index is 1.70. The SMILES string of the molecule is CC(=O)O[C@H]1[C@H](O)[C@@H](O)[C@H](OC2=Cc3c(O)cc(O)cc3OC2c2ccc(O)c(O)c2)O[C@@H]1CO. The molecule has 2 aliphatic rings. The zero-order valence-corrected chi connectivity index (χ0v) is 18.3. The van der Waals surface area contributed by atoms with Gasteiger partial charge in [0.15, 0.2) is 23.7 Å². The molecule has 7 N–H and O–H groups in total. The molecule has 0 saturated carbocycles. The Labute approximate surface area is 198 Å². The molecule has 35 heavy (non-hydrogen) atoms. The molecule has 1 fully saturated rings. The van der Waals surface area contributed by atoms with Crippen molar-refractivity contribution >= 4 is 12.0 Å². The Bertz CT molecular complexity index is 1140. The zero-order valence-electron chi connectivity index (χ0n) is 18.3. The molecule has 2 heterocycles. The fourth-order valence-electron chi connectivity index (χ4n) is 3.90. The van der Waals surface area contributed by atoms with Crippen molar-refractivity contribution in [1.29, 1.82) is 0 Å². The lowest BCUT2D eigenvalue weighted by Gasteiger charge is -2.42. The van der Waals surface area contributed by atoms with Crippen LogP contribution in [0.2, 0.25) is 0 Å². The summed E-state index contributed by atoms with van der Waals surface area (Å²) in [5.41, 5.74) is 0.404. The van der Waals surface area contributed by atoms with Gasteiger partial charge in [-0.1, -0.05) is 6.07 Å². The largest absolute Gasteiger partial charge is 0.508 e. The van der Waals surface area contributed by atoms with E-state index in [1.54, 1.807) is 0 Å². The van der Waals surface area contributed by atoms with Crippen LogP contribution in [0.5, 0.6) is 28.7 Å². The van der Waals surface area contributed by atoms with Crippen molar-refractivity contribution in [3.05, 3.63) is 47.2 Å². The first-order valence-corrected chi connectivity index (χ1v) is 10.5. The molecule has 6 atom stereocenters. The maximum Gasteiger partial charge on any atom is 0.303 e. The second-order valence-electron chi connectivity index (χ2n) is 8.07. The Morgan fingerprint density at radius 1 is 1.00 bits per heavy atom. The summed E-state index contributed by atoms with van der Waals surface area (Å²) in [5, 5.41) is 70.5. The van der Waals surface area contributed by atoms with Gasteiger partial charge in [0.2, 0.25) is 6.29 Å². The Morgan fingerprint density at radius 2 is 1.74 bits per heavy atom. The summed E-state index contributed by atoms with van der Waals surface area (Å²) in [4.78, 5) is 11.4.